The summed E-state index contributed by atoms with van der Waals surface area (Å²) in [5.74, 6) is 0.652. The molecule has 0 aliphatic heterocycles. The van der Waals surface area contributed by atoms with E-state index >= 15 is 0 Å². The number of benzene rings is 1. The lowest BCUT2D eigenvalue weighted by Gasteiger charge is -2.23. The molecule has 1 aromatic rings. The Morgan fingerprint density at radius 3 is 2.00 bits per heavy atom. The summed E-state index contributed by atoms with van der Waals surface area (Å²) < 4.78 is 0. The van der Waals surface area contributed by atoms with Crippen molar-refractivity contribution in [1.29, 1.82) is 0 Å². The molecule has 0 aliphatic rings. The normalized spacial score (nSPS) is 13.1. The van der Waals surface area contributed by atoms with Gasteiger partial charge in [0, 0.05) is 6.04 Å². The molecule has 0 heterocycles. The second-order valence-corrected chi connectivity index (χ2v) is 4.81. The molecule has 16 heavy (non-hydrogen) atoms. The van der Waals surface area contributed by atoms with Gasteiger partial charge in [0.2, 0.25) is 0 Å². The molecule has 0 bridgehead atoms. The zero-order chi connectivity index (χ0) is 12.1. The van der Waals surface area contributed by atoms with Crippen LogP contribution in [0.3, 0.4) is 0 Å². The summed E-state index contributed by atoms with van der Waals surface area (Å²) in [6.07, 6.45) is 3.38. The molecule has 0 saturated carbocycles. The molecular weight excluding hydrogens is 194 g/mol. The monoisotopic (exact) mass is 219 g/mol. The Morgan fingerprint density at radius 1 is 1.06 bits per heavy atom. The summed E-state index contributed by atoms with van der Waals surface area (Å²) in [6.45, 7) is 8.83. The SMILES string of the molecule is CCC(CC)C(N)Cc1c(C)cccc1C. The molecule has 1 aromatic carbocycles. The largest absolute Gasteiger partial charge is 0.327 e. The number of aryl methyl sites for hydroxylation is 2. The van der Waals surface area contributed by atoms with Gasteiger partial charge in [0.25, 0.3) is 0 Å². The van der Waals surface area contributed by atoms with Gasteiger partial charge >= 0.3 is 0 Å². The van der Waals surface area contributed by atoms with Crippen molar-refractivity contribution in [2.75, 3.05) is 0 Å². The number of nitrogens with two attached hydrogens (primary N) is 1. The van der Waals surface area contributed by atoms with E-state index < -0.39 is 0 Å². The zero-order valence-electron chi connectivity index (χ0n) is 11.1. The van der Waals surface area contributed by atoms with Crippen LogP contribution in [0.5, 0.6) is 0 Å². The van der Waals surface area contributed by atoms with E-state index in [1.165, 1.54) is 29.5 Å². The van der Waals surface area contributed by atoms with Crippen molar-refractivity contribution in [3.63, 3.8) is 0 Å². The van der Waals surface area contributed by atoms with Crippen molar-refractivity contribution in [2.24, 2.45) is 11.7 Å². The molecule has 2 N–H and O–H groups in total. The van der Waals surface area contributed by atoms with Gasteiger partial charge in [0.15, 0.2) is 0 Å². The van der Waals surface area contributed by atoms with Gasteiger partial charge in [-0.15, -0.1) is 0 Å². The molecule has 1 rings (SSSR count). The van der Waals surface area contributed by atoms with E-state index in [9.17, 15) is 0 Å². The standard InChI is InChI=1S/C15H25N/c1-5-13(6-2)15(16)10-14-11(3)8-7-9-12(14)4/h7-9,13,15H,5-6,10,16H2,1-4H3. The lowest BCUT2D eigenvalue weighted by Crippen LogP contribution is -2.32. The summed E-state index contributed by atoms with van der Waals surface area (Å²) in [4.78, 5) is 0. The number of hydrogen-bond acceptors (Lipinski definition) is 1. The van der Waals surface area contributed by atoms with E-state index in [0.717, 1.165) is 6.42 Å². The van der Waals surface area contributed by atoms with Gasteiger partial charge in [0.05, 0.1) is 0 Å². The number of rotatable bonds is 5. The van der Waals surface area contributed by atoms with Crippen LogP contribution in [0.2, 0.25) is 0 Å². The van der Waals surface area contributed by atoms with Crippen molar-refractivity contribution in [1.82, 2.24) is 0 Å². The first-order valence-corrected chi connectivity index (χ1v) is 6.40. The molecule has 0 fully saturated rings. The molecule has 0 spiro atoms. The highest BCUT2D eigenvalue weighted by Crippen LogP contribution is 2.20. The van der Waals surface area contributed by atoms with Crippen LogP contribution in [-0.4, -0.2) is 6.04 Å². The van der Waals surface area contributed by atoms with Crippen LogP contribution in [0.25, 0.3) is 0 Å². The van der Waals surface area contributed by atoms with Crippen LogP contribution < -0.4 is 5.73 Å². The van der Waals surface area contributed by atoms with Crippen LogP contribution in [0, 0.1) is 19.8 Å². The molecule has 0 aromatic heterocycles. The summed E-state index contributed by atoms with van der Waals surface area (Å²) in [6, 6.07) is 6.79. The second-order valence-electron chi connectivity index (χ2n) is 4.81. The summed E-state index contributed by atoms with van der Waals surface area (Å²) in [5.41, 5.74) is 10.5. The van der Waals surface area contributed by atoms with E-state index in [4.69, 9.17) is 5.73 Å². The van der Waals surface area contributed by atoms with Crippen LogP contribution in [0.4, 0.5) is 0 Å². The molecule has 1 atom stereocenters. The van der Waals surface area contributed by atoms with E-state index in [1.807, 2.05) is 0 Å². The Balaban J connectivity index is 2.80. The maximum Gasteiger partial charge on any atom is 0.0108 e. The van der Waals surface area contributed by atoms with Gasteiger partial charge in [0.1, 0.15) is 0 Å². The van der Waals surface area contributed by atoms with Gasteiger partial charge in [-0.05, 0) is 42.9 Å². The highest BCUT2D eigenvalue weighted by molar-refractivity contribution is 5.34. The van der Waals surface area contributed by atoms with E-state index in [1.54, 1.807) is 0 Å². The van der Waals surface area contributed by atoms with Crippen molar-refractivity contribution in [3.05, 3.63) is 34.9 Å². The maximum absolute atomic E-state index is 6.31. The Hall–Kier alpha value is -0.820. The molecule has 90 valence electrons. The smallest absolute Gasteiger partial charge is 0.0108 e. The predicted molar refractivity (Wildman–Crippen MR) is 71.7 cm³/mol. The van der Waals surface area contributed by atoms with Crippen LogP contribution in [0.1, 0.15) is 43.4 Å². The van der Waals surface area contributed by atoms with E-state index in [2.05, 4.69) is 45.9 Å². The average molecular weight is 219 g/mol. The van der Waals surface area contributed by atoms with Gasteiger partial charge in [-0.25, -0.2) is 0 Å². The highest BCUT2D eigenvalue weighted by Gasteiger charge is 2.16. The summed E-state index contributed by atoms with van der Waals surface area (Å²) >= 11 is 0. The third-order valence-electron chi connectivity index (χ3n) is 3.74. The first-order valence-electron chi connectivity index (χ1n) is 6.40. The fourth-order valence-electron chi connectivity index (χ4n) is 2.47. The number of hydrogen-bond donors (Lipinski definition) is 1. The minimum Gasteiger partial charge on any atom is -0.327 e. The van der Waals surface area contributed by atoms with Crippen LogP contribution in [0.15, 0.2) is 18.2 Å². The Kier molecular flexibility index (Phi) is 5.01. The maximum atomic E-state index is 6.31. The van der Waals surface area contributed by atoms with Gasteiger partial charge in [-0.3, -0.25) is 0 Å². The first-order chi connectivity index (χ1) is 7.60. The van der Waals surface area contributed by atoms with E-state index in [-0.39, 0.29) is 0 Å². The topological polar surface area (TPSA) is 26.0 Å². The summed E-state index contributed by atoms with van der Waals surface area (Å²) in [5, 5.41) is 0. The first kappa shape index (κ1) is 13.2. The summed E-state index contributed by atoms with van der Waals surface area (Å²) in [7, 11) is 0. The molecular formula is C15H25N. The van der Waals surface area contributed by atoms with Gasteiger partial charge in [-0.1, -0.05) is 44.9 Å². The average Bonchev–Trinajstić information content (AvgIpc) is 2.25. The second kappa shape index (κ2) is 6.05. The third kappa shape index (κ3) is 3.08. The van der Waals surface area contributed by atoms with Crippen molar-refractivity contribution in [2.45, 2.75) is 53.0 Å². The van der Waals surface area contributed by atoms with Crippen LogP contribution >= 0.6 is 0 Å². The van der Waals surface area contributed by atoms with E-state index in [0.29, 0.717) is 12.0 Å². The van der Waals surface area contributed by atoms with Crippen molar-refractivity contribution in [3.8, 4) is 0 Å². The minimum atomic E-state index is 0.301. The third-order valence-corrected chi connectivity index (χ3v) is 3.74. The molecule has 0 amide bonds. The lowest BCUT2D eigenvalue weighted by atomic mass is 9.87. The Labute approximate surface area is 100 Å². The molecule has 1 heteroatoms. The Bertz CT molecular complexity index is 306. The fourth-order valence-corrected chi connectivity index (χ4v) is 2.47. The Morgan fingerprint density at radius 2 is 1.56 bits per heavy atom. The molecule has 1 unspecified atom stereocenters. The van der Waals surface area contributed by atoms with Crippen molar-refractivity contribution >= 4 is 0 Å². The van der Waals surface area contributed by atoms with Crippen LogP contribution in [-0.2, 0) is 6.42 Å². The van der Waals surface area contributed by atoms with Gasteiger partial charge in [-0.2, -0.15) is 0 Å². The molecule has 0 radical (unpaired) electrons. The quantitative estimate of drug-likeness (QED) is 0.804. The molecule has 1 nitrogen and oxygen atoms in total. The molecule has 0 saturated heterocycles. The van der Waals surface area contributed by atoms with Gasteiger partial charge < -0.3 is 5.73 Å². The lowest BCUT2D eigenvalue weighted by molar-refractivity contribution is 0.393. The molecule has 0 aliphatic carbocycles. The zero-order valence-corrected chi connectivity index (χ0v) is 11.1. The highest BCUT2D eigenvalue weighted by atomic mass is 14.6. The minimum absolute atomic E-state index is 0.301. The fraction of sp³-hybridized carbons (Fsp3) is 0.600. The van der Waals surface area contributed by atoms with Crippen molar-refractivity contribution < 1.29 is 0 Å². The predicted octanol–water partition coefficient (Wildman–Crippen LogP) is 3.61.